The first-order valence-electron chi connectivity index (χ1n) is 9.93. The van der Waals surface area contributed by atoms with Gasteiger partial charge < -0.3 is 10.2 Å². The van der Waals surface area contributed by atoms with Gasteiger partial charge in [-0.2, -0.15) is 10.5 Å². The Kier molecular flexibility index (Phi) is 7.35. The summed E-state index contributed by atoms with van der Waals surface area (Å²) in [5.41, 5.74) is 7.68. The number of benzene rings is 2. The van der Waals surface area contributed by atoms with E-state index in [4.69, 9.17) is 45.0 Å². The molecule has 0 saturated carbocycles. The number of Topliss-reactive ketones (excluding diaryl/α,β-unsaturated/α-hetero) is 1. The molecule has 0 spiro atoms. The van der Waals surface area contributed by atoms with Crippen LogP contribution in [0.5, 0.6) is 0 Å². The van der Waals surface area contributed by atoms with Gasteiger partial charge in [0.25, 0.3) is 0 Å². The summed E-state index contributed by atoms with van der Waals surface area (Å²) in [6, 6.07) is 19.0. The molecular formula is C25H13Cl3N4O2S. The van der Waals surface area contributed by atoms with E-state index in [0.717, 1.165) is 11.8 Å². The topological polar surface area (TPSA) is 117 Å². The number of nitrogens with two attached hydrogens (primary N) is 1. The van der Waals surface area contributed by atoms with Gasteiger partial charge in [-0.1, -0.05) is 58.7 Å². The SMILES string of the molecule is N#Cc1c(N)nc(SCC(=O)c2ccc(-c3ccc(Cl)cc3Cl)o2)c(C#N)c1-c1cccc(Cl)c1. The minimum absolute atomic E-state index is 0.0471. The molecule has 4 aromatic rings. The summed E-state index contributed by atoms with van der Waals surface area (Å²) in [7, 11) is 0. The summed E-state index contributed by atoms with van der Waals surface area (Å²) in [6.45, 7) is 0. The van der Waals surface area contributed by atoms with Crippen LogP contribution in [0.4, 0.5) is 5.82 Å². The van der Waals surface area contributed by atoms with Crippen LogP contribution < -0.4 is 5.73 Å². The Bertz CT molecular complexity index is 1550. The molecule has 2 aromatic carbocycles. The standard InChI is InChI=1S/C25H13Cl3N4O2S/c26-14-3-1-2-13(8-14)23-17(10-29)24(31)32-25(18(23)11-30)35-12-20(33)22-7-6-21(34-22)16-5-4-15(27)9-19(16)28/h1-9H,12H2,(H2,31,32). The fourth-order valence-corrected chi connectivity index (χ4v) is 4.92. The fourth-order valence-electron chi connectivity index (χ4n) is 3.36. The van der Waals surface area contributed by atoms with Crippen LogP contribution in [0.2, 0.25) is 15.1 Å². The summed E-state index contributed by atoms with van der Waals surface area (Å²) in [4.78, 5) is 17.0. The first-order valence-corrected chi connectivity index (χ1v) is 12.0. The van der Waals surface area contributed by atoms with E-state index in [-0.39, 0.29) is 39.3 Å². The number of halogens is 3. The van der Waals surface area contributed by atoms with Crippen molar-refractivity contribution in [1.82, 2.24) is 4.98 Å². The summed E-state index contributed by atoms with van der Waals surface area (Å²) in [5.74, 6) is 0.0809. The van der Waals surface area contributed by atoms with Gasteiger partial charge in [0.1, 0.15) is 34.3 Å². The number of rotatable bonds is 6. The van der Waals surface area contributed by atoms with Crippen LogP contribution in [0.1, 0.15) is 21.7 Å². The third-order valence-electron chi connectivity index (χ3n) is 4.95. The van der Waals surface area contributed by atoms with E-state index in [0.29, 0.717) is 37.5 Å². The Morgan fingerprint density at radius 3 is 2.43 bits per heavy atom. The second kappa shape index (κ2) is 10.4. The summed E-state index contributed by atoms with van der Waals surface area (Å²) < 4.78 is 5.71. The van der Waals surface area contributed by atoms with Crippen LogP contribution in [-0.4, -0.2) is 16.5 Å². The molecule has 2 aromatic heterocycles. The first-order chi connectivity index (χ1) is 16.8. The highest BCUT2D eigenvalue weighted by Gasteiger charge is 2.22. The van der Waals surface area contributed by atoms with Crippen molar-refractivity contribution < 1.29 is 9.21 Å². The average molecular weight is 540 g/mol. The molecule has 0 fully saturated rings. The highest BCUT2D eigenvalue weighted by Crippen LogP contribution is 2.37. The zero-order valence-electron chi connectivity index (χ0n) is 17.7. The predicted molar refractivity (Wildman–Crippen MR) is 138 cm³/mol. The highest BCUT2D eigenvalue weighted by atomic mass is 35.5. The third-order valence-corrected chi connectivity index (χ3v) is 6.70. The lowest BCUT2D eigenvalue weighted by atomic mass is 9.97. The second-order valence-electron chi connectivity index (χ2n) is 7.16. The van der Waals surface area contributed by atoms with Crippen LogP contribution >= 0.6 is 46.6 Å². The third kappa shape index (κ3) is 5.14. The van der Waals surface area contributed by atoms with Gasteiger partial charge in [-0.3, -0.25) is 4.79 Å². The Hall–Kier alpha value is -3.46. The summed E-state index contributed by atoms with van der Waals surface area (Å²) >= 11 is 19.3. The molecule has 35 heavy (non-hydrogen) atoms. The number of carbonyl (C=O) groups is 1. The van der Waals surface area contributed by atoms with Crippen LogP contribution in [-0.2, 0) is 0 Å². The van der Waals surface area contributed by atoms with Gasteiger partial charge in [0.15, 0.2) is 5.76 Å². The smallest absolute Gasteiger partial charge is 0.208 e. The fraction of sp³-hybridized carbons (Fsp3) is 0.0400. The molecule has 2 heterocycles. The highest BCUT2D eigenvalue weighted by molar-refractivity contribution is 8.00. The maximum atomic E-state index is 12.8. The van der Waals surface area contributed by atoms with Gasteiger partial charge in [-0.25, -0.2) is 4.98 Å². The second-order valence-corrected chi connectivity index (χ2v) is 9.41. The van der Waals surface area contributed by atoms with Crippen LogP contribution in [0, 0.1) is 22.7 Å². The number of hydrogen-bond acceptors (Lipinski definition) is 7. The Morgan fingerprint density at radius 2 is 1.74 bits per heavy atom. The van der Waals surface area contributed by atoms with E-state index in [1.54, 1.807) is 54.6 Å². The lowest BCUT2D eigenvalue weighted by molar-refractivity contribution is 0.0993. The average Bonchev–Trinajstić information content (AvgIpc) is 3.32. The van der Waals surface area contributed by atoms with Crippen molar-refractivity contribution in [2.45, 2.75) is 5.03 Å². The number of nitriles is 2. The molecular weight excluding hydrogens is 527 g/mol. The maximum Gasteiger partial charge on any atom is 0.208 e. The normalized spacial score (nSPS) is 10.5. The molecule has 172 valence electrons. The number of furan rings is 1. The van der Waals surface area contributed by atoms with E-state index in [1.165, 1.54) is 0 Å². The molecule has 0 bridgehead atoms. The predicted octanol–water partition coefficient (Wildman–Crippen LogP) is 7.27. The number of anilines is 1. The lowest BCUT2D eigenvalue weighted by Gasteiger charge is -2.13. The Labute approximate surface area is 219 Å². The van der Waals surface area contributed by atoms with Gasteiger partial charge in [-0.15, -0.1) is 0 Å². The van der Waals surface area contributed by atoms with Crippen LogP contribution in [0.25, 0.3) is 22.5 Å². The number of ketones is 1. The molecule has 4 rings (SSSR count). The van der Waals surface area contributed by atoms with Crippen molar-refractivity contribution in [3.63, 3.8) is 0 Å². The number of aromatic nitrogens is 1. The zero-order valence-corrected chi connectivity index (χ0v) is 20.8. The van der Waals surface area contributed by atoms with Crippen molar-refractivity contribution in [2.75, 3.05) is 11.5 Å². The van der Waals surface area contributed by atoms with Crippen molar-refractivity contribution in [3.8, 4) is 34.6 Å². The largest absolute Gasteiger partial charge is 0.453 e. The first kappa shape index (κ1) is 24.7. The number of nitrogens with zero attached hydrogens (tertiary/aromatic N) is 3. The van der Waals surface area contributed by atoms with Crippen LogP contribution in [0.15, 0.2) is 64.0 Å². The van der Waals surface area contributed by atoms with Gasteiger partial charge in [0.2, 0.25) is 5.78 Å². The number of nitrogen functional groups attached to an aromatic ring is 1. The number of carbonyl (C=O) groups excluding carboxylic acids is 1. The van der Waals surface area contributed by atoms with E-state index in [2.05, 4.69) is 11.1 Å². The molecule has 10 heteroatoms. The van der Waals surface area contributed by atoms with E-state index >= 15 is 0 Å². The molecule has 0 unspecified atom stereocenters. The number of hydrogen-bond donors (Lipinski definition) is 1. The monoisotopic (exact) mass is 538 g/mol. The maximum absolute atomic E-state index is 12.8. The van der Waals surface area contributed by atoms with E-state index in [1.807, 2.05) is 6.07 Å². The van der Waals surface area contributed by atoms with Crippen molar-refractivity contribution in [3.05, 3.63) is 86.6 Å². The van der Waals surface area contributed by atoms with Gasteiger partial charge >= 0.3 is 0 Å². The molecule has 0 aliphatic carbocycles. The minimum Gasteiger partial charge on any atom is -0.453 e. The summed E-state index contributed by atoms with van der Waals surface area (Å²) in [6.07, 6.45) is 0. The number of pyridine rings is 1. The molecule has 0 aliphatic heterocycles. The molecule has 0 radical (unpaired) electrons. The van der Waals surface area contributed by atoms with Crippen LogP contribution in [0.3, 0.4) is 0 Å². The zero-order chi connectivity index (χ0) is 25.1. The molecule has 2 N–H and O–H groups in total. The van der Waals surface area contributed by atoms with Crippen molar-refractivity contribution in [1.29, 1.82) is 10.5 Å². The van der Waals surface area contributed by atoms with Gasteiger partial charge in [0.05, 0.1) is 16.3 Å². The molecule has 0 aliphatic rings. The molecule has 6 nitrogen and oxygen atoms in total. The lowest BCUT2D eigenvalue weighted by Crippen LogP contribution is -2.06. The van der Waals surface area contributed by atoms with E-state index < -0.39 is 0 Å². The Morgan fingerprint density at radius 1 is 1.00 bits per heavy atom. The van der Waals surface area contributed by atoms with Gasteiger partial charge in [-0.05, 0) is 48.0 Å². The molecule has 0 atom stereocenters. The van der Waals surface area contributed by atoms with Gasteiger partial charge in [0, 0.05) is 21.2 Å². The quantitative estimate of drug-likeness (QED) is 0.202. The summed E-state index contributed by atoms with van der Waals surface area (Å²) in [5, 5.41) is 21.1. The van der Waals surface area contributed by atoms with Crippen molar-refractivity contribution in [2.24, 2.45) is 0 Å². The number of thioether (sulfide) groups is 1. The van der Waals surface area contributed by atoms with Crippen molar-refractivity contribution >= 4 is 58.2 Å². The Balaban J connectivity index is 1.63. The molecule has 0 saturated heterocycles. The minimum atomic E-state index is -0.329. The van der Waals surface area contributed by atoms with E-state index in [9.17, 15) is 15.3 Å². The molecule has 0 amide bonds.